The molecular formula is C54H32N2. The van der Waals surface area contributed by atoms with Crippen LogP contribution in [0.1, 0.15) is 0 Å². The Morgan fingerprint density at radius 1 is 0.250 bits per heavy atom. The van der Waals surface area contributed by atoms with Crippen LogP contribution < -0.4 is 0 Å². The summed E-state index contributed by atoms with van der Waals surface area (Å²) in [6.07, 6.45) is 0. The van der Waals surface area contributed by atoms with Crippen molar-refractivity contribution in [3.05, 3.63) is 194 Å². The predicted molar refractivity (Wildman–Crippen MR) is 238 cm³/mol. The molecule has 0 fully saturated rings. The summed E-state index contributed by atoms with van der Waals surface area (Å²) in [6, 6.07) is 70.4. The van der Waals surface area contributed by atoms with E-state index in [-0.39, 0.29) is 0 Å². The molecule has 56 heavy (non-hydrogen) atoms. The summed E-state index contributed by atoms with van der Waals surface area (Å²) in [7, 11) is 0. The van der Waals surface area contributed by atoms with E-state index >= 15 is 0 Å². The minimum absolute atomic E-state index is 0.914. The lowest BCUT2D eigenvalue weighted by Crippen LogP contribution is -1.94. The highest BCUT2D eigenvalue weighted by Gasteiger charge is 2.19. The van der Waals surface area contributed by atoms with Gasteiger partial charge in [-0.15, -0.1) is 0 Å². The third kappa shape index (κ3) is 4.63. The Labute approximate surface area is 323 Å². The molecule has 0 saturated carbocycles. The van der Waals surface area contributed by atoms with Crippen LogP contribution in [0.2, 0.25) is 0 Å². The number of benzene rings is 10. The lowest BCUT2D eigenvalue weighted by Gasteiger charge is -2.18. The van der Waals surface area contributed by atoms with Gasteiger partial charge in [0, 0.05) is 21.9 Å². The molecule has 0 amide bonds. The molecule has 0 radical (unpaired) electrons. The molecule has 0 spiro atoms. The van der Waals surface area contributed by atoms with Crippen LogP contribution in [0, 0.1) is 0 Å². The van der Waals surface area contributed by atoms with Crippen molar-refractivity contribution < 1.29 is 0 Å². The van der Waals surface area contributed by atoms with Crippen molar-refractivity contribution in [1.82, 2.24) is 9.97 Å². The van der Waals surface area contributed by atoms with E-state index in [2.05, 4.69) is 188 Å². The third-order valence-electron chi connectivity index (χ3n) is 11.8. The molecule has 0 aliphatic rings. The van der Waals surface area contributed by atoms with Crippen LogP contribution in [-0.4, -0.2) is 9.97 Å². The van der Waals surface area contributed by atoms with Crippen molar-refractivity contribution in [2.75, 3.05) is 0 Å². The van der Waals surface area contributed by atoms with Crippen molar-refractivity contribution in [1.29, 1.82) is 0 Å². The van der Waals surface area contributed by atoms with Crippen LogP contribution in [0.5, 0.6) is 0 Å². The Kier molecular flexibility index (Phi) is 6.66. The number of fused-ring (bicyclic) bond motifs is 5. The van der Waals surface area contributed by atoms with Gasteiger partial charge in [-0.25, -0.2) is 9.97 Å². The molecule has 0 unspecified atom stereocenters. The van der Waals surface area contributed by atoms with Crippen molar-refractivity contribution in [3.63, 3.8) is 0 Å². The van der Waals surface area contributed by atoms with E-state index in [9.17, 15) is 0 Å². The molecule has 0 aliphatic carbocycles. The van der Waals surface area contributed by atoms with Gasteiger partial charge in [-0.1, -0.05) is 182 Å². The normalized spacial score (nSPS) is 11.9. The molecule has 0 N–H and O–H groups in total. The van der Waals surface area contributed by atoms with E-state index in [1.165, 1.54) is 76.1 Å². The molecular weight excluding hydrogens is 677 g/mol. The predicted octanol–water partition coefficient (Wildman–Crippen LogP) is 14.7. The quantitative estimate of drug-likeness (QED) is 0.134. The number of nitrogens with zero attached hydrogens (tertiary/aromatic N) is 2. The van der Waals surface area contributed by atoms with Crippen molar-refractivity contribution in [2.45, 2.75) is 0 Å². The fraction of sp³-hybridized carbons (Fsp3) is 0. The molecule has 2 heterocycles. The Bertz CT molecular complexity index is 3440. The number of rotatable bonds is 4. The zero-order valence-corrected chi connectivity index (χ0v) is 30.4. The molecule has 12 aromatic rings. The molecule has 2 nitrogen and oxygen atoms in total. The highest BCUT2D eigenvalue weighted by molar-refractivity contribution is 6.26. The first-order chi connectivity index (χ1) is 27.8. The number of hydrogen-bond acceptors (Lipinski definition) is 2. The summed E-state index contributed by atoms with van der Waals surface area (Å²) < 4.78 is 0. The van der Waals surface area contributed by atoms with Crippen LogP contribution in [0.15, 0.2) is 194 Å². The monoisotopic (exact) mass is 708 g/mol. The van der Waals surface area contributed by atoms with Gasteiger partial charge in [0.15, 0.2) is 0 Å². The summed E-state index contributed by atoms with van der Waals surface area (Å²) in [5.41, 5.74) is 10.9. The molecule has 0 bridgehead atoms. The Hall–Kier alpha value is -7.42. The van der Waals surface area contributed by atoms with Crippen LogP contribution >= 0.6 is 0 Å². The van der Waals surface area contributed by atoms with E-state index in [1.807, 2.05) is 6.07 Å². The van der Waals surface area contributed by atoms with Gasteiger partial charge in [0.05, 0.1) is 22.4 Å². The van der Waals surface area contributed by atoms with Gasteiger partial charge in [0.1, 0.15) is 0 Å². The minimum Gasteiger partial charge on any atom is -0.245 e. The smallest absolute Gasteiger partial charge is 0.0972 e. The van der Waals surface area contributed by atoms with E-state index in [0.717, 1.165) is 44.3 Å². The lowest BCUT2D eigenvalue weighted by molar-refractivity contribution is 1.37. The largest absolute Gasteiger partial charge is 0.245 e. The van der Waals surface area contributed by atoms with Crippen molar-refractivity contribution in [2.24, 2.45) is 0 Å². The second kappa shape index (κ2) is 12.0. The number of aromatic nitrogens is 2. The van der Waals surface area contributed by atoms with E-state index in [0.29, 0.717) is 0 Å². The standard InChI is InChI=1S/C54H32N2/c1-2-9-34(10-3-1)47-31-27-39-23-24-40-28-32-48(56-54(40)53(39)55-47)52-44-15-6-4-13-42(44)50(43-14-5-7-16-45(43)52)37-19-17-33(18-20-37)41-29-25-38-22-21-35-11-8-12-36-26-30-46(41)51(38)49(35)36/h1-32H. The van der Waals surface area contributed by atoms with Gasteiger partial charge in [0.25, 0.3) is 0 Å². The SMILES string of the molecule is c1ccc(-c2ccc3ccc4ccc(-c5c6ccccc6c(-c6ccc(-c7ccc8ccc9cccc%10ccc7c8c9%10)cc6)c6ccccc56)nc4c3n2)cc1. The van der Waals surface area contributed by atoms with Gasteiger partial charge in [-0.2, -0.15) is 0 Å². The molecule has 0 aliphatic heterocycles. The van der Waals surface area contributed by atoms with Crippen LogP contribution in [0.4, 0.5) is 0 Å². The first kappa shape index (κ1) is 31.0. The maximum Gasteiger partial charge on any atom is 0.0972 e. The van der Waals surface area contributed by atoms with E-state index in [4.69, 9.17) is 9.97 Å². The van der Waals surface area contributed by atoms with Crippen LogP contribution in [0.25, 0.3) is 120 Å². The zero-order valence-electron chi connectivity index (χ0n) is 30.4. The summed E-state index contributed by atoms with van der Waals surface area (Å²) in [5.74, 6) is 0. The van der Waals surface area contributed by atoms with Gasteiger partial charge >= 0.3 is 0 Å². The Morgan fingerprint density at radius 2 is 0.732 bits per heavy atom. The first-order valence-electron chi connectivity index (χ1n) is 19.2. The molecule has 2 heteroatoms. The van der Waals surface area contributed by atoms with Gasteiger partial charge in [-0.3, -0.25) is 0 Å². The summed E-state index contributed by atoms with van der Waals surface area (Å²) in [4.78, 5) is 10.6. The van der Waals surface area contributed by atoms with Crippen LogP contribution in [-0.2, 0) is 0 Å². The van der Waals surface area contributed by atoms with Gasteiger partial charge in [0.2, 0.25) is 0 Å². The average molecular weight is 709 g/mol. The molecule has 2 aromatic heterocycles. The third-order valence-corrected chi connectivity index (χ3v) is 11.8. The minimum atomic E-state index is 0.914. The highest BCUT2D eigenvalue weighted by Crippen LogP contribution is 2.45. The molecule has 10 aromatic carbocycles. The van der Waals surface area contributed by atoms with Crippen molar-refractivity contribution >= 4 is 75.7 Å². The summed E-state index contributed by atoms with van der Waals surface area (Å²) >= 11 is 0. The van der Waals surface area contributed by atoms with E-state index in [1.54, 1.807) is 0 Å². The highest BCUT2D eigenvalue weighted by atomic mass is 14.8. The van der Waals surface area contributed by atoms with Gasteiger partial charge in [-0.05, 0) is 88.2 Å². The summed E-state index contributed by atoms with van der Waals surface area (Å²) in [6.45, 7) is 0. The number of pyridine rings is 2. The van der Waals surface area contributed by atoms with E-state index < -0.39 is 0 Å². The maximum absolute atomic E-state index is 5.45. The van der Waals surface area contributed by atoms with Crippen LogP contribution in [0.3, 0.4) is 0 Å². The fourth-order valence-corrected chi connectivity index (χ4v) is 9.20. The van der Waals surface area contributed by atoms with Crippen molar-refractivity contribution in [3.8, 4) is 44.8 Å². The molecule has 0 atom stereocenters. The topological polar surface area (TPSA) is 25.8 Å². The fourth-order valence-electron chi connectivity index (χ4n) is 9.20. The maximum atomic E-state index is 5.45. The average Bonchev–Trinajstić information content (AvgIpc) is 3.27. The second-order valence-electron chi connectivity index (χ2n) is 14.9. The Morgan fingerprint density at radius 3 is 1.39 bits per heavy atom. The summed E-state index contributed by atoms with van der Waals surface area (Å²) in [5, 5.41) is 14.8. The Balaban J connectivity index is 1.03. The zero-order chi connectivity index (χ0) is 36.7. The first-order valence-corrected chi connectivity index (χ1v) is 19.2. The lowest BCUT2D eigenvalue weighted by atomic mass is 9.86. The number of hydrogen-bond donors (Lipinski definition) is 0. The van der Waals surface area contributed by atoms with Gasteiger partial charge < -0.3 is 0 Å². The second-order valence-corrected chi connectivity index (χ2v) is 14.9. The molecule has 0 saturated heterocycles. The molecule has 12 rings (SSSR count). The molecule has 258 valence electrons.